The average molecular weight is 393 g/mol. The Morgan fingerprint density at radius 2 is 1.81 bits per heavy atom. The van der Waals surface area contributed by atoms with Gasteiger partial charge in [0.05, 0.1) is 0 Å². The number of hydrogen-bond donors (Lipinski definition) is 0. The second-order valence-electron chi connectivity index (χ2n) is 8.81. The highest BCUT2D eigenvalue weighted by Gasteiger charge is 2.36. The van der Waals surface area contributed by atoms with Crippen LogP contribution in [0.15, 0.2) is 24.3 Å². The molecule has 2 aliphatic heterocycles. The summed E-state index contributed by atoms with van der Waals surface area (Å²) in [5, 5.41) is 0.664. The van der Waals surface area contributed by atoms with Crippen molar-refractivity contribution < 1.29 is 9.53 Å². The number of nitrogens with zero attached hydrogens (tertiary/aromatic N) is 2. The quantitative estimate of drug-likeness (QED) is 0.741. The molecular formula is C22H33ClN2O2. The lowest BCUT2D eigenvalue weighted by molar-refractivity contribution is -0.147. The summed E-state index contributed by atoms with van der Waals surface area (Å²) in [4.78, 5) is 17.7. The van der Waals surface area contributed by atoms with Crippen molar-refractivity contribution in [1.29, 1.82) is 0 Å². The van der Waals surface area contributed by atoms with Crippen LogP contribution >= 0.6 is 11.6 Å². The van der Waals surface area contributed by atoms with E-state index in [1.807, 2.05) is 30.9 Å². The second kappa shape index (κ2) is 8.83. The van der Waals surface area contributed by atoms with Crippen LogP contribution in [0.3, 0.4) is 0 Å². The van der Waals surface area contributed by atoms with Crippen molar-refractivity contribution >= 4 is 17.5 Å². The first-order chi connectivity index (χ1) is 12.8. The summed E-state index contributed by atoms with van der Waals surface area (Å²) in [6.45, 7) is 11.3. The van der Waals surface area contributed by atoms with Crippen LogP contribution in [0.4, 0.5) is 0 Å². The van der Waals surface area contributed by atoms with Gasteiger partial charge in [-0.05, 0) is 88.7 Å². The van der Waals surface area contributed by atoms with Crippen molar-refractivity contribution in [3.63, 3.8) is 0 Å². The average Bonchev–Trinajstić information content (AvgIpc) is 2.65. The zero-order valence-corrected chi connectivity index (χ0v) is 17.7. The number of likely N-dealkylation sites (tertiary alicyclic amines) is 2. The largest absolute Gasteiger partial charge is 0.478 e. The third kappa shape index (κ3) is 5.61. The molecule has 1 aromatic carbocycles. The summed E-state index contributed by atoms with van der Waals surface area (Å²) in [6, 6.07) is 7.20. The van der Waals surface area contributed by atoms with Crippen LogP contribution in [0, 0.1) is 11.8 Å². The highest BCUT2D eigenvalue weighted by molar-refractivity contribution is 6.30. The first kappa shape index (κ1) is 20.5. The van der Waals surface area contributed by atoms with E-state index in [-0.39, 0.29) is 5.91 Å². The Balaban J connectivity index is 1.55. The Labute approximate surface area is 168 Å². The van der Waals surface area contributed by atoms with E-state index < -0.39 is 5.60 Å². The molecule has 3 rings (SSSR count). The molecule has 1 atom stereocenters. The topological polar surface area (TPSA) is 32.8 Å². The van der Waals surface area contributed by atoms with Gasteiger partial charge in [0.15, 0.2) is 5.60 Å². The highest BCUT2D eigenvalue weighted by atomic mass is 35.5. The SMILES string of the molecule is CC1CCN(CC2CCCN(C(=O)C(C)(C)Oc3ccc(Cl)cc3)C2)CC1. The van der Waals surface area contributed by atoms with Gasteiger partial charge in [0, 0.05) is 24.7 Å². The van der Waals surface area contributed by atoms with Crippen molar-refractivity contribution in [3.8, 4) is 5.75 Å². The normalized spacial score (nSPS) is 22.7. The van der Waals surface area contributed by atoms with Gasteiger partial charge in [-0.3, -0.25) is 4.79 Å². The summed E-state index contributed by atoms with van der Waals surface area (Å²) >= 11 is 5.94. The minimum Gasteiger partial charge on any atom is -0.478 e. The predicted molar refractivity (Wildman–Crippen MR) is 110 cm³/mol. The number of halogens is 1. The van der Waals surface area contributed by atoms with E-state index in [1.54, 1.807) is 12.1 Å². The van der Waals surface area contributed by atoms with Crippen LogP contribution < -0.4 is 4.74 Å². The molecule has 0 N–H and O–H groups in total. The molecule has 2 saturated heterocycles. The van der Waals surface area contributed by atoms with E-state index in [2.05, 4.69) is 11.8 Å². The summed E-state index contributed by atoms with van der Waals surface area (Å²) in [7, 11) is 0. The van der Waals surface area contributed by atoms with Gasteiger partial charge >= 0.3 is 0 Å². The van der Waals surface area contributed by atoms with Crippen LogP contribution in [0.2, 0.25) is 5.02 Å². The first-order valence-electron chi connectivity index (χ1n) is 10.3. The van der Waals surface area contributed by atoms with E-state index in [9.17, 15) is 4.79 Å². The molecule has 2 heterocycles. The van der Waals surface area contributed by atoms with Crippen molar-refractivity contribution in [2.45, 2.75) is 52.1 Å². The minimum absolute atomic E-state index is 0.0782. The monoisotopic (exact) mass is 392 g/mol. The van der Waals surface area contributed by atoms with Crippen molar-refractivity contribution in [1.82, 2.24) is 9.80 Å². The fourth-order valence-corrected chi connectivity index (χ4v) is 4.36. The molecule has 4 nitrogen and oxygen atoms in total. The van der Waals surface area contributed by atoms with E-state index in [4.69, 9.17) is 16.3 Å². The number of carbonyl (C=O) groups excluding carboxylic acids is 1. The number of ether oxygens (including phenoxy) is 1. The lowest BCUT2D eigenvalue weighted by atomic mass is 9.93. The number of benzene rings is 1. The van der Waals surface area contributed by atoms with E-state index in [1.165, 1.54) is 32.4 Å². The van der Waals surface area contributed by atoms with E-state index >= 15 is 0 Å². The van der Waals surface area contributed by atoms with Gasteiger partial charge < -0.3 is 14.5 Å². The first-order valence-corrected chi connectivity index (χ1v) is 10.7. The fourth-order valence-electron chi connectivity index (χ4n) is 4.23. The molecule has 0 bridgehead atoms. The molecule has 2 aliphatic rings. The van der Waals surface area contributed by atoms with E-state index in [0.717, 1.165) is 32.0 Å². The maximum absolute atomic E-state index is 13.1. The molecule has 150 valence electrons. The van der Waals surface area contributed by atoms with E-state index in [0.29, 0.717) is 16.7 Å². The lowest BCUT2D eigenvalue weighted by Gasteiger charge is -2.40. The van der Waals surface area contributed by atoms with Crippen LogP contribution in [-0.2, 0) is 4.79 Å². The maximum atomic E-state index is 13.1. The zero-order valence-electron chi connectivity index (χ0n) is 16.9. The van der Waals surface area contributed by atoms with Gasteiger partial charge in [0.1, 0.15) is 5.75 Å². The molecule has 2 fully saturated rings. The summed E-state index contributed by atoms with van der Waals surface area (Å²) in [6.07, 6.45) is 4.90. The molecule has 27 heavy (non-hydrogen) atoms. The number of carbonyl (C=O) groups is 1. The fraction of sp³-hybridized carbons (Fsp3) is 0.682. The third-order valence-electron chi connectivity index (χ3n) is 5.90. The van der Waals surface area contributed by atoms with Gasteiger partial charge in [-0.2, -0.15) is 0 Å². The van der Waals surface area contributed by atoms with Gasteiger partial charge in [0.2, 0.25) is 0 Å². The highest BCUT2D eigenvalue weighted by Crippen LogP contribution is 2.26. The Hall–Kier alpha value is -1.26. The molecule has 0 radical (unpaired) electrons. The lowest BCUT2D eigenvalue weighted by Crippen LogP contribution is -2.53. The molecule has 0 aromatic heterocycles. The minimum atomic E-state index is -0.879. The maximum Gasteiger partial charge on any atom is 0.266 e. The smallest absolute Gasteiger partial charge is 0.266 e. The number of rotatable bonds is 5. The van der Waals surface area contributed by atoms with Crippen molar-refractivity contribution in [2.24, 2.45) is 11.8 Å². The second-order valence-corrected chi connectivity index (χ2v) is 9.25. The summed E-state index contributed by atoms with van der Waals surface area (Å²) < 4.78 is 6.01. The Bertz CT molecular complexity index is 624. The van der Waals surface area contributed by atoms with Crippen molar-refractivity contribution in [2.75, 3.05) is 32.7 Å². The van der Waals surface area contributed by atoms with Crippen molar-refractivity contribution in [3.05, 3.63) is 29.3 Å². The summed E-state index contributed by atoms with van der Waals surface area (Å²) in [5.74, 6) is 2.18. The van der Waals surface area contributed by atoms with Gasteiger partial charge in [-0.15, -0.1) is 0 Å². The molecule has 1 unspecified atom stereocenters. The van der Waals surface area contributed by atoms with Crippen LogP contribution in [-0.4, -0.2) is 54.0 Å². The van der Waals surface area contributed by atoms with Gasteiger partial charge in [-0.25, -0.2) is 0 Å². The van der Waals surface area contributed by atoms with Crippen LogP contribution in [0.5, 0.6) is 5.75 Å². The Kier molecular flexibility index (Phi) is 6.69. The molecule has 0 saturated carbocycles. The van der Waals surface area contributed by atoms with Gasteiger partial charge in [0.25, 0.3) is 5.91 Å². The van der Waals surface area contributed by atoms with Gasteiger partial charge in [-0.1, -0.05) is 18.5 Å². The molecular weight excluding hydrogens is 360 g/mol. The van der Waals surface area contributed by atoms with Crippen LogP contribution in [0.1, 0.15) is 46.5 Å². The molecule has 1 amide bonds. The molecule has 0 spiro atoms. The standard InChI is InChI=1S/C22H33ClN2O2/c1-17-10-13-24(14-11-17)15-18-5-4-12-25(16-18)21(26)22(2,3)27-20-8-6-19(23)7-9-20/h6-9,17-18H,4-5,10-16H2,1-3H3. The molecule has 0 aliphatic carbocycles. The third-order valence-corrected chi connectivity index (χ3v) is 6.15. The zero-order chi connectivity index (χ0) is 19.4. The molecule has 1 aromatic rings. The number of amides is 1. The predicted octanol–water partition coefficient (Wildman–Crippen LogP) is 4.47. The number of hydrogen-bond acceptors (Lipinski definition) is 3. The number of piperidine rings is 2. The Morgan fingerprint density at radius 1 is 1.15 bits per heavy atom. The van der Waals surface area contributed by atoms with Crippen LogP contribution in [0.25, 0.3) is 0 Å². The summed E-state index contributed by atoms with van der Waals surface area (Å²) in [5.41, 5.74) is -0.879. The molecule has 5 heteroatoms. The Morgan fingerprint density at radius 3 is 2.48 bits per heavy atom.